The van der Waals surface area contributed by atoms with E-state index in [2.05, 4.69) is 53.7 Å². The van der Waals surface area contributed by atoms with Gasteiger partial charge in [0.05, 0.1) is 10.7 Å². The van der Waals surface area contributed by atoms with Crippen LogP contribution >= 0.6 is 35.3 Å². The Labute approximate surface area is 178 Å². The van der Waals surface area contributed by atoms with Crippen LogP contribution in [0.5, 0.6) is 0 Å². The van der Waals surface area contributed by atoms with E-state index in [1.54, 1.807) is 11.3 Å². The van der Waals surface area contributed by atoms with E-state index in [1.807, 2.05) is 24.4 Å². The Bertz CT molecular complexity index is 664. The summed E-state index contributed by atoms with van der Waals surface area (Å²) in [5.41, 5.74) is 2.36. The molecular weight excluding hydrogens is 457 g/mol. The van der Waals surface area contributed by atoms with Crippen LogP contribution in [0.2, 0.25) is 0 Å². The first kappa shape index (κ1) is 22.8. The van der Waals surface area contributed by atoms with Crippen molar-refractivity contribution in [1.82, 2.24) is 20.6 Å². The topological polar surface area (TPSA) is 62.2 Å². The normalized spacial score (nSPS) is 11.8. The average Bonchev–Trinajstić information content (AvgIpc) is 3.05. The largest absolute Gasteiger partial charge is 0.357 e. The van der Waals surface area contributed by atoms with Gasteiger partial charge in [0.2, 0.25) is 0 Å². The molecule has 2 aromatic rings. The van der Waals surface area contributed by atoms with E-state index in [9.17, 15) is 0 Å². The van der Waals surface area contributed by atoms with Gasteiger partial charge >= 0.3 is 0 Å². The van der Waals surface area contributed by atoms with Crippen molar-refractivity contribution in [2.75, 3.05) is 19.6 Å². The molecule has 0 spiro atoms. The molecule has 26 heavy (non-hydrogen) atoms. The van der Waals surface area contributed by atoms with Crippen LogP contribution in [0.25, 0.3) is 0 Å². The zero-order chi connectivity index (χ0) is 18.1. The number of hydrogen-bond acceptors (Lipinski definition) is 4. The summed E-state index contributed by atoms with van der Waals surface area (Å²) in [4.78, 5) is 13.7. The first-order valence-electron chi connectivity index (χ1n) is 8.86. The monoisotopic (exact) mass is 487 g/mol. The van der Waals surface area contributed by atoms with Gasteiger partial charge in [-0.05, 0) is 19.1 Å². The molecule has 2 aromatic heterocycles. The zero-order valence-corrected chi connectivity index (χ0v) is 19.2. The molecule has 0 radical (unpaired) electrons. The number of aliphatic imine (C=N–C) groups is 1. The van der Waals surface area contributed by atoms with Crippen molar-refractivity contribution in [3.63, 3.8) is 0 Å². The van der Waals surface area contributed by atoms with Crippen molar-refractivity contribution in [2.24, 2.45) is 4.99 Å². The summed E-state index contributed by atoms with van der Waals surface area (Å²) in [7, 11) is 0. The van der Waals surface area contributed by atoms with Gasteiger partial charge in [-0.25, -0.2) is 4.98 Å². The summed E-state index contributed by atoms with van der Waals surface area (Å²) in [6.45, 7) is 11.0. The van der Waals surface area contributed by atoms with Crippen molar-refractivity contribution >= 4 is 41.3 Å². The van der Waals surface area contributed by atoms with Gasteiger partial charge in [0, 0.05) is 55.2 Å². The third-order valence-corrected chi connectivity index (χ3v) is 4.57. The van der Waals surface area contributed by atoms with E-state index in [4.69, 9.17) is 4.98 Å². The summed E-state index contributed by atoms with van der Waals surface area (Å²) in [5, 5.41) is 9.97. The third-order valence-electron chi connectivity index (χ3n) is 3.66. The molecular formula is C19H30IN5S. The van der Waals surface area contributed by atoms with Crippen LogP contribution in [0.1, 0.15) is 44.1 Å². The number of nitrogens with one attached hydrogen (secondary N) is 2. The zero-order valence-electron chi connectivity index (χ0n) is 16.1. The van der Waals surface area contributed by atoms with Crippen molar-refractivity contribution in [3.05, 3.63) is 46.2 Å². The molecule has 0 unspecified atom stereocenters. The van der Waals surface area contributed by atoms with Crippen molar-refractivity contribution in [1.29, 1.82) is 0 Å². The molecule has 0 aliphatic carbocycles. The Kier molecular flexibility index (Phi) is 10.1. The maximum Gasteiger partial charge on any atom is 0.191 e. The molecule has 0 saturated carbocycles. The summed E-state index contributed by atoms with van der Waals surface area (Å²) >= 11 is 1.73. The molecule has 0 fully saturated rings. The summed E-state index contributed by atoms with van der Waals surface area (Å²) in [6.07, 6.45) is 3.58. The van der Waals surface area contributed by atoms with Crippen LogP contribution < -0.4 is 10.6 Å². The molecule has 0 aliphatic heterocycles. The van der Waals surface area contributed by atoms with Crippen molar-refractivity contribution in [2.45, 2.75) is 46.0 Å². The Morgan fingerprint density at radius 2 is 2.00 bits per heavy atom. The van der Waals surface area contributed by atoms with Crippen LogP contribution in [0.4, 0.5) is 0 Å². The van der Waals surface area contributed by atoms with Gasteiger partial charge in [-0.1, -0.05) is 26.8 Å². The molecule has 0 saturated heterocycles. The average molecular weight is 487 g/mol. The van der Waals surface area contributed by atoms with E-state index in [0.717, 1.165) is 54.8 Å². The molecule has 2 heterocycles. The molecule has 0 aliphatic rings. The highest BCUT2D eigenvalue weighted by atomic mass is 127. The first-order chi connectivity index (χ1) is 12.0. The minimum Gasteiger partial charge on any atom is -0.357 e. The Morgan fingerprint density at radius 3 is 2.62 bits per heavy atom. The third kappa shape index (κ3) is 7.99. The first-order valence-corrected chi connectivity index (χ1v) is 9.74. The molecule has 0 atom stereocenters. The van der Waals surface area contributed by atoms with E-state index < -0.39 is 0 Å². The lowest BCUT2D eigenvalue weighted by molar-refractivity contribution is 0.571. The lowest BCUT2D eigenvalue weighted by Crippen LogP contribution is -2.38. The highest BCUT2D eigenvalue weighted by Gasteiger charge is 2.17. The lowest BCUT2D eigenvalue weighted by atomic mass is 9.93. The number of aromatic nitrogens is 2. The number of rotatable bonds is 7. The number of pyridine rings is 1. The van der Waals surface area contributed by atoms with Crippen LogP contribution in [-0.2, 0) is 18.3 Å². The van der Waals surface area contributed by atoms with Gasteiger partial charge in [-0.15, -0.1) is 35.3 Å². The fourth-order valence-electron chi connectivity index (χ4n) is 2.23. The Hall–Kier alpha value is -1.22. The van der Waals surface area contributed by atoms with Crippen molar-refractivity contribution < 1.29 is 0 Å². The summed E-state index contributed by atoms with van der Waals surface area (Å²) in [6, 6.07) is 5.99. The molecule has 2 N–H and O–H groups in total. The van der Waals surface area contributed by atoms with Gasteiger partial charge in [0.1, 0.15) is 0 Å². The molecule has 5 nitrogen and oxygen atoms in total. The van der Waals surface area contributed by atoms with Gasteiger partial charge < -0.3 is 10.6 Å². The molecule has 0 aromatic carbocycles. The second kappa shape index (κ2) is 11.5. The number of thiazole rings is 1. The summed E-state index contributed by atoms with van der Waals surface area (Å²) in [5.74, 6) is 0.853. The highest BCUT2D eigenvalue weighted by molar-refractivity contribution is 14.0. The van der Waals surface area contributed by atoms with E-state index in [0.29, 0.717) is 0 Å². The maximum absolute atomic E-state index is 4.73. The summed E-state index contributed by atoms with van der Waals surface area (Å²) < 4.78 is 0. The molecule has 0 bridgehead atoms. The number of halogens is 1. The van der Waals surface area contributed by atoms with Crippen LogP contribution in [-0.4, -0.2) is 35.6 Å². The molecule has 7 heteroatoms. The van der Waals surface area contributed by atoms with E-state index in [-0.39, 0.29) is 29.4 Å². The number of guanidine groups is 1. The Morgan fingerprint density at radius 1 is 1.19 bits per heavy atom. The lowest BCUT2D eigenvalue weighted by Gasteiger charge is -2.14. The fraction of sp³-hybridized carbons (Fsp3) is 0.526. The molecule has 0 amide bonds. The van der Waals surface area contributed by atoms with Gasteiger partial charge in [0.15, 0.2) is 5.96 Å². The number of hydrogen-bond donors (Lipinski definition) is 2. The predicted molar refractivity (Wildman–Crippen MR) is 122 cm³/mol. The van der Waals surface area contributed by atoms with E-state index >= 15 is 0 Å². The van der Waals surface area contributed by atoms with Crippen LogP contribution in [0.3, 0.4) is 0 Å². The van der Waals surface area contributed by atoms with Gasteiger partial charge in [0.25, 0.3) is 0 Å². The molecule has 144 valence electrons. The minimum atomic E-state index is 0. The second-order valence-corrected chi connectivity index (χ2v) is 7.83. The Balaban J connectivity index is 0.00000338. The van der Waals surface area contributed by atoms with Crippen molar-refractivity contribution in [3.8, 4) is 0 Å². The minimum absolute atomic E-state index is 0. The van der Waals surface area contributed by atoms with E-state index in [1.165, 1.54) is 0 Å². The number of nitrogens with zero attached hydrogens (tertiary/aromatic N) is 3. The predicted octanol–water partition coefficient (Wildman–Crippen LogP) is 3.79. The van der Waals surface area contributed by atoms with Crippen LogP contribution in [0.15, 0.2) is 34.8 Å². The van der Waals surface area contributed by atoms with Crippen LogP contribution in [0, 0.1) is 0 Å². The second-order valence-electron chi connectivity index (χ2n) is 6.88. The smallest absolute Gasteiger partial charge is 0.191 e. The SMILES string of the molecule is CCNC(=NCCc1nc(C(C)(C)C)cs1)NCCc1ccccn1.I. The van der Waals surface area contributed by atoms with Gasteiger partial charge in [-0.2, -0.15) is 0 Å². The molecule has 2 rings (SSSR count). The quantitative estimate of drug-likeness (QED) is 0.355. The maximum atomic E-state index is 4.73. The van der Waals surface area contributed by atoms with Gasteiger partial charge in [-0.3, -0.25) is 9.98 Å². The highest BCUT2D eigenvalue weighted by Crippen LogP contribution is 2.23. The fourth-order valence-corrected chi connectivity index (χ4v) is 3.24. The standard InChI is InChI=1S/C19H29N5S.HI/c1-5-20-18(22-12-9-15-8-6-7-11-21-15)23-13-10-17-24-16(14-25-17)19(2,3)4;/h6-8,11,14H,5,9-10,12-13H2,1-4H3,(H2,20,22,23);1H.